The van der Waals surface area contributed by atoms with Gasteiger partial charge in [-0.2, -0.15) is 0 Å². The van der Waals surface area contributed by atoms with Gasteiger partial charge in [0.15, 0.2) is 5.65 Å². The summed E-state index contributed by atoms with van der Waals surface area (Å²) in [6.07, 6.45) is 7.15. The number of H-pyrrole nitrogens is 1. The van der Waals surface area contributed by atoms with Crippen LogP contribution in [0.4, 0.5) is 5.69 Å². The number of aromatic amines is 1. The number of nitrogens with zero attached hydrogens (tertiary/aromatic N) is 4. The molecule has 4 aromatic rings. The monoisotopic (exact) mass is 292 g/mol. The van der Waals surface area contributed by atoms with Crippen LogP contribution in [0.25, 0.3) is 22.1 Å². The molecule has 22 heavy (non-hydrogen) atoms. The molecule has 0 amide bonds. The van der Waals surface area contributed by atoms with Crippen molar-refractivity contribution in [2.24, 2.45) is 0 Å². The van der Waals surface area contributed by atoms with Gasteiger partial charge < -0.3 is 14.9 Å². The predicted octanol–water partition coefficient (Wildman–Crippen LogP) is 2.79. The van der Waals surface area contributed by atoms with Crippen LogP contribution in [-0.4, -0.2) is 31.0 Å². The molecule has 3 heterocycles. The van der Waals surface area contributed by atoms with Gasteiger partial charge in [-0.1, -0.05) is 6.07 Å². The molecule has 0 saturated carbocycles. The minimum absolute atomic E-state index is 0.728. The molecule has 4 rings (SSSR count). The van der Waals surface area contributed by atoms with E-state index in [0.29, 0.717) is 0 Å². The topological polar surface area (TPSA) is 71.4 Å². The standard InChI is InChI=1S/C16H16N6/c1-2-18-14-6-19-13-4-3-11(5-12(13)14)8-22-10-21-16-15(22)7-17-9-20-16/h3-7,9-10,18-19H,2,8H2,1H3. The fourth-order valence-corrected chi connectivity index (χ4v) is 2.73. The van der Waals surface area contributed by atoms with Crippen molar-refractivity contribution in [3.8, 4) is 0 Å². The summed E-state index contributed by atoms with van der Waals surface area (Å²) in [5.74, 6) is 0. The number of imidazole rings is 1. The van der Waals surface area contributed by atoms with Gasteiger partial charge in [-0.15, -0.1) is 0 Å². The van der Waals surface area contributed by atoms with Gasteiger partial charge in [-0.3, -0.25) is 0 Å². The van der Waals surface area contributed by atoms with Crippen LogP contribution in [-0.2, 0) is 6.54 Å². The third kappa shape index (κ3) is 2.09. The van der Waals surface area contributed by atoms with E-state index in [4.69, 9.17) is 0 Å². The van der Waals surface area contributed by atoms with Crippen molar-refractivity contribution in [2.75, 3.05) is 11.9 Å². The fourth-order valence-electron chi connectivity index (χ4n) is 2.73. The number of hydrogen-bond acceptors (Lipinski definition) is 4. The van der Waals surface area contributed by atoms with Crippen LogP contribution in [0.5, 0.6) is 0 Å². The number of benzene rings is 1. The first kappa shape index (κ1) is 12.8. The number of anilines is 1. The molecule has 0 aliphatic carbocycles. The lowest BCUT2D eigenvalue weighted by molar-refractivity contribution is 0.824. The van der Waals surface area contributed by atoms with Gasteiger partial charge >= 0.3 is 0 Å². The number of rotatable bonds is 4. The van der Waals surface area contributed by atoms with Crippen LogP contribution < -0.4 is 5.32 Å². The molecule has 0 aliphatic heterocycles. The molecule has 0 bridgehead atoms. The molecule has 0 spiro atoms. The van der Waals surface area contributed by atoms with Gasteiger partial charge in [0.2, 0.25) is 0 Å². The Labute approximate surface area is 127 Å². The molecule has 2 N–H and O–H groups in total. The largest absolute Gasteiger partial charge is 0.384 e. The Bertz CT molecular complexity index is 936. The molecule has 0 aliphatic rings. The van der Waals surface area contributed by atoms with Gasteiger partial charge in [-0.25, -0.2) is 15.0 Å². The first-order chi connectivity index (χ1) is 10.8. The first-order valence-electron chi connectivity index (χ1n) is 7.30. The van der Waals surface area contributed by atoms with Crippen LogP contribution in [0.2, 0.25) is 0 Å². The zero-order valence-electron chi connectivity index (χ0n) is 12.2. The van der Waals surface area contributed by atoms with E-state index in [1.807, 2.05) is 12.5 Å². The van der Waals surface area contributed by atoms with Crippen molar-refractivity contribution < 1.29 is 0 Å². The lowest BCUT2D eigenvalue weighted by Gasteiger charge is -2.06. The minimum Gasteiger partial charge on any atom is -0.384 e. The molecular weight excluding hydrogens is 276 g/mol. The van der Waals surface area contributed by atoms with Crippen molar-refractivity contribution in [3.05, 3.63) is 48.8 Å². The number of aromatic nitrogens is 5. The van der Waals surface area contributed by atoms with E-state index in [1.54, 1.807) is 6.20 Å². The number of hydrogen-bond donors (Lipinski definition) is 2. The first-order valence-corrected chi connectivity index (χ1v) is 7.30. The second-order valence-corrected chi connectivity index (χ2v) is 5.22. The molecule has 0 unspecified atom stereocenters. The maximum Gasteiger partial charge on any atom is 0.180 e. The Morgan fingerprint density at radius 3 is 3.14 bits per heavy atom. The van der Waals surface area contributed by atoms with Crippen molar-refractivity contribution in [2.45, 2.75) is 13.5 Å². The Kier molecular flexibility index (Phi) is 3.00. The molecule has 0 fully saturated rings. The molecule has 6 nitrogen and oxygen atoms in total. The summed E-state index contributed by atoms with van der Waals surface area (Å²) < 4.78 is 2.07. The maximum atomic E-state index is 4.31. The average molecular weight is 292 g/mol. The Balaban J connectivity index is 1.73. The smallest absolute Gasteiger partial charge is 0.180 e. The maximum absolute atomic E-state index is 4.31. The highest BCUT2D eigenvalue weighted by Gasteiger charge is 2.07. The van der Waals surface area contributed by atoms with Gasteiger partial charge in [-0.05, 0) is 24.6 Å². The van der Waals surface area contributed by atoms with Crippen LogP contribution in [0.3, 0.4) is 0 Å². The van der Waals surface area contributed by atoms with E-state index in [1.165, 1.54) is 17.3 Å². The van der Waals surface area contributed by atoms with Crippen molar-refractivity contribution in [3.63, 3.8) is 0 Å². The molecular formula is C16H16N6. The Morgan fingerprint density at radius 2 is 2.23 bits per heavy atom. The summed E-state index contributed by atoms with van der Waals surface area (Å²) in [5, 5.41) is 4.58. The zero-order valence-corrected chi connectivity index (χ0v) is 12.2. The second kappa shape index (κ2) is 5.14. The van der Waals surface area contributed by atoms with Crippen LogP contribution in [0.1, 0.15) is 12.5 Å². The average Bonchev–Trinajstić information content (AvgIpc) is 3.13. The van der Waals surface area contributed by atoms with E-state index >= 15 is 0 Å². The lowest BCUT2D eigenvalue weighted by Crippen LogP contribution is -1.99. The van der Waals surface area contributed by atoms with Crippen molar-refractivity contribution >= 4 is 27.8 Å². The third-order valence-electron chi connectivity index (χ3n) is 3.77. The van der Waals surface area contributed by atoms with Crippen molar-refractivity contribution in [1.82, 2.24) is 24.5 Å². The van der Waals surface area contributed by atoms with Gasteiger partial charge in [0.05, 0.1) is 18.2 Å². The summed E-state index contributed by atoms with van der Waals surface area (Å²) in [4.78, 5) is 15.8. The second-order valence-electron chi connectivity index (χ2n) is 5.22. The molecule has 0 saturated heterocycles. The van der Waals surface area contributed by atoms with Gasteiger partial charge in [0.1, 0.15) is 11.8 Å². The molecule has 0 atom stereocenters. The third-order valence-corrected chi connectivity index (χ3v) is 3.77. The van der Waals surface area contributed by atoms with E-state index in [0.717, 1.165) is 35.5 Å². The summed E-state index contributed by atoms with van der Waals surface area (Å²) in [6, 6.07) is 6.45. The highest BCUT2D eigenvalue weighted by Crippen LogP contribution is 2.24. The normalized spacial score (nSPS) is 11.3. The fraction of sp³-hybridized carbons (Fsp3) is 0.188. The highest BCUT2D eigenvalue weighted by atomic mass is 15.1. The quantitative estimate of drug-likeness (QED) is 0.606. The summed E-state index contributed by atoms with van der Waals surface area (Å²) in [5.41, 5.74) is 5.17. The summed E-state index contributed by atoms with van der Waals surface area (Å²) in [6.45, 7) is 3.75. The molecule has 6 heteroatoms. The van der Waals surface area contributed by atoms with E-state index in [2.05, 4.69) is 54.9 Å². The Hall–Kier alpha value is -2.89. The van der Waals surface area contributed by atoms with Crippen LogP contribution >= 0.6 is 0 Å². The number of nitrogens with one attached hydrogen (secondary N) is 2. The van der Waals surface area contributed by atoms with Gasteiger partial charge in [0, 0.05) is 30.2 Å². The SMILES string of the molecule is CCNc1c[nH]c2ccc(Cn3cnc4ncncc43)cc12. The Morgan fingerprint density at radius 1 is 1.27 bits per heavy atom. The molecule has 3 aromatic heterocycles. The summed E-state index contributed by atoms with van der Waals surface area (Å²) in [7, 11) is 0. The van der Waals surface area contributed by atoms with Crippen molar-refractivity contribution in [1.29, 1.82) is 0 Å². The number of fused-ring (bicyclic) bond motifs is 2. The van der Waals surface area contributed by atoms with E-state index < -0.39 is 0 Å². The molecule has 1 aromatic carbocycles. The molecule has 110 valence electrons. The van der Waals surface area contributed by atoms with Crippen LogP contribution in [0.15, 0.2) is 43.2 Å². The minimum atomic E-state index is 0.728. The van der Waals surface area contributed by atoms with Crippen LogP contribution in [0, 0.1) is 0 Å². The summed E-state index contributed by atoms with van der Waals surface area (Å²) >= 11 is 0. The molecule has 0 radical (unpaired) electrons. The zero-order chi connectivity index (χ0) is 14.9. The predicted molar refractivity (Wildman–Crippen MR) is 86.9 cm³/mol. The highest BCUT2D eigenvalue weighted by molar-refractivity contribution is 5.92. The lowest BCUT2D eigenvalue weighted by atomic mass is 10.1. The van der Waals surface area contributed by atoms with E-state index in [9.17, 15) is 0 Å². The van der Waals surface area contributed by atoms with Gasteiger partial charge in [0.25, 0.3) is 0 Å². The van der Waals surface area contributed by atoms with E-state index in [-0.39, 0.29) is 0 Å².